The smallest absolute Gasteiger partial charge is 0.258 e. The molecule has 0 aliphatic rings. The third kappa shape index (κ3) is 3.25. The Morgan fingerprint density at radius 1 is 1.53 bits per heavy atom. The highest BCUT2D eigenvalue weighted by atomic mass is 35.5. The summed E-state index contributed by atoms with van der Waals surface area (Å²) >= 11 is 9.92. The van der Waals surface area contributed by atoms with Crippen molar-refractivity contribution in [3.8, 4) is 0 Å². The van der Waals surface area contributed by atoms with Gasteiger partial charge in [0.1, 0.15) is 0 Å². The highest BCUT2D eigenvalue weighted by Gasteiger charge is 2.13. The maximum atomic E-state index is 10.7. The Bertz CT molecular complexity index is 393. The zero-order chi connectivity index (χ0) is 11.3. The van der Waals surface area contributed by atoms with Crippen molar-refractivity contribution < 1.29 is 4.92 Å². The summed E-state index contributed by atoms with van der Waals surface area (Å²) in [6.45, 7) is 0. The van der Waals surface area contributed by atoms with E-state index in [1.165, 1.54) is 6.07 Å². The van der Waals surface area contributed by atoms with Gasteiger partial charge in [0, 0.05) is 6.07 Å². The van der Waals surface area contributed by atoms with Crippen LogP contribution in [0.15, 0.2) is 24.3 Å². The maximum Gasteiger partial charge on any atom is 0.278 e. The number of nitrogens with zero attached hydrogens (tertiary/aromatic N) is 1. The Morgan fingerprint density at radius 3 is 2.87 bits per heavy atom. The van der Waals surface area contributed by atoms with E-state index in [0.717, 1.165) is 6.42 Å². The molecule has 0 saturated carbocycles. The SMILES string of the molecule is O=[N+]([O-])c1cccc(Cl)c1C=CCCS. The molecule has 1 aromatic rings. The van der Waals surface area contributed by atoms with Crippen LogP contribution in [-0.4, -0.2) is 10.7 Å². The minimum Gasteiger partial charge on any atom is -0.258 e. The molecule has 0 heterocycles. The van der Waals surface area contributed by atoms with Crippen LogP contribution in [0.2, 0.25) is 5.02 Å². The molecular formula is C10H10ClNO2S. The summed E-state index contributed by atoms with van der Waals surface area (Å²) < 4.78 is 0. The molecule has 3 nitrogen and oxygen atoms in total. The van der Waals surface area contributed by atoms with Gasteiger partial charge < -0.3 is 0 Å². The molecule has 0 aromatic heterocycles. The van der Waals surface area contributed by atoms with E-state index >= 15 is 0 Å². The second-order valence-electron chi connectivity index (χ2n) is 2.84. The second-order valence-corrected chi connectivity index (χ2v) is 3.70. The summed E-state index contributed by atoms with van der Waals surface area (Å²) in [5.41, 5.74) is 0.476. The Labute approximate surface area is 98.3 Å². The van der Waals surface area contributed by atoms with Crippen LogP contribution in [0.1, 0.15) is 12.0 Å². The van der Waals surface area contributed by atoms with E-state index in [1.807, 2.05) is 6.08 Å². The van der Waals surface area contributed by atoms with E-state index in [9.17, 15) is 10.1 Å². The molecule has 1 aromatic carbocycles. The topological polar surface area (TPSA) is 43.1 Å². The number of thiol groups is 1. The van der Waals surface area contributed by atoms with Crippen LogP contribution in [-0.2, 0) is 0 Å². The van der Waals surface area contributed by atoms with Gasteiger partial charge in [0.2, 0.25) is 0 Å². The number of hydrogen-bond donors (Lipinski definition) is 1. The largest absolute Gasteiger partial charge is 0.278 e. The average molecular weight is 244 g/mol. The van der Waals surface area contributed by atoms with Crippen LogP contribution in [0.25, 0.3) is 6.08 Å². The lowest BCUT2D eigenvalue weighted by Crippen LogP contribution is -1.91. The van der Waals surface area contributed by atoms with Crippen LogP contribution >= 0.6 is 24.2 Å². The van der Waals surface area contributed by atoms with Gasteiger partial charge in [-0.1, -0.05) is 29.8 Å². The highest BCUT2D eigenvalue weighted by molar-refractivity contribution is 7.80. The molecule has 0 atom stereocenters. The molecule has 0 N–H and O–H groups in total. The number of allylic oxidation sites excluding steroid dienone is 1. The van der Waals surface area contributed by atoms with E-state index < -0.39 is 4.92 Å². The first-order chi connectivity index (χ1) is 7.16. The monoisotopic (exact) mass is 243 g/mol. The Kier molecular flexibility index (Phi) is 4.65. The van der Waals surface area contributed by atoms with Crippen LogP contribution in [0.5, 0.6) is 0 Å². The fraction of sp³-hybridized carbons (Fsp3) is 0.200. The molecule has 5 heteroatoms. The number of hydrogen-bond acceptors (Lipinski definition) is 3. The molecule has 80 valence electrons. The van der Waals surface area contributed by atoms with Crippen molar-refractivity contribution in [3.05, 3.63) is 45.0 Å². The summed E-state index contributed by atoms with van der Waals surface area (Å²) in [5, 5.41) is 11.1. The van der Waals surface area contributed by atoms with Crippen molar-refractivity contribution in [2.45, 2.75) is 6.42 Å². The van der Waals surface area contributed by atoms with Crippen LogP contribution in [0.4, 0.5) is 5.69 Å². The Morgan fingerprint density at radius 2 is 2.27 bits per heavy atom. The lowest BCUT2D eigenvalue weighted by Gasteiger charge is -1.99. The first-order valence-electron chi connectivity index (χ1n) is 4.37. The van der Waals surface area contributed by atoms with Gasteiger partial charge in [0.05, 0.1) is 15.5 Å². The van der Waals surface area contributed by atoms with Gasteiger partial charge in [-0.05, 0) is 18.2 Å². The van der Waals surface area contributed by atoms with Gasteiger partial charge >= 0.3 is 0 Å². The molecule has 15 heavy (non-hydrogen) atoms. The minimum atomic E-state index is -0.438. The summed E-state index contributed by atoms with van der Waals surface area (Å²) in [6, 6.07) is 4.64. The maximum absolute atomic E-state index is 10.7. The van der Waals surface area contributed by atoms with Crippen molar-refractivity contribution in [3.63, 3.8) is 0 Å². The molecule has 0 radical (unpaired) electrons. The fourth-order valence-electron chi connectivity index (χ4n) is 1.13. The lowest BCUT2D eigenvalue weighted by atomic mass is 10.1. The van der Waals surface area contributed by atoms with E-state index in [2.05, 4.69) is 12.6 Å². The third-order valence-electron chi connectivity index (χ3n) is 1.81. The van der Waals surface area contributed by atoms with Crippen LogP contribution in [0.3, 0.4) is 0 Å². The fourth-order valence-corrected chi connectivity index (χ4v) is 1.51. The molecule has 0 aliphatic heterocycles. The molecule has 0 unspecified atom stereocenters. The predicted molar refractivity (Wildman–Crippen MR) is 65.6 cm³/mol. The van der Waals surface area contributed by atoms with Crippen molar-refractivity contribution in [1.29, 1.82) is 0 Å². The molecular weight excluding hydrogens is 234 g/mol. The van der Waals surface area contributed by atoms with E-state index in [1.54, 1.807) is 18.2 Å². The highest BCUT2D eigenvalue weighted by Crippen LogP contribution is 2.27. The molecule has 0 aliphatic carbocycles. The molecule has 0 amide bonds. The average Bonchev–Trinajstić information content (AvgIpc) is 2.20. The van der Waals surface area contributed by atoms with E-state index in [-0.39, 0.29) is 5.69 Å². The summed E-state index contributed by atoms with van der Waals surface area (Å²) in [5.74, 6) is 0.703. The van der Waals surface area contributed by atoms with Crippen molar-refractivity contribution in [2.75, 3.05) is 5.75 Å². The van der Waals surface area contributed by atoms with Crippen molar-refractivity contribution >= 4 is 36.0 Å². The van der Waals surface area contributed by atoms with Gasteiger partial charge in [-0.2, -0.15) is 12.6 Å². The van der Waals surface area contributed by atoms with Crippen molar-refractivity contribution in [2.24, 2.45) is 0 Å². The lowest BCUT2D eigenvalue weighted by molar-refractivity contribution is -0.385. The molecule has 1 rings (SSSR count). The molecule has 0 fully saturated rings. The van der Waals surface area contributed by atoms with E-state index in [0.29, 0.717) is 16.3 Å². The normalized spacial score (nSPS) is 10.8. The Balaban J connectivity index is 3.07. The molecule has 0 bridgehead atoms. The zero-order valence-electron chi connectivity index (χ0n) is 7.89. The summed E-state index contributed by atoms with van der Waals surface area (Å²) in [6.07, 6.45) is 4.24. The summed E-state index contributed by atoms with van der Waals surface area (Å²) in [7, 11) is 0. The van der Waals surface area contributed by atoms with Gasteiger partial charge in [-0.25, -0.2) is 0 Å². The number of halogens is 1. The minimum absolute atomic E-state index is 0.0258. The number of nitro groups is 1. The Hall–Kier alpha value is -1.000. The second kappa shape index (κ2) is 5.78. The van der Waals surface area contributed by atoms with Gasteiger partial charge in [-0.15, -0.1) is 0 Å². The summed E-state index contributed by atoms with van der Waals surface area (Å²) in [4.78, 5) is 10.3. The first-order valence-corrected chi connectivity index (χ1v) is 5.38. The molecule has 0 spiro atoms. The van der Waals surface area contributed by atoms with Crippen LogP contribution in [0, 0.1) is 10.1 Å². The van der Waals surface area contributed by atoms with Crippen LogP contribution < -0.4 is 0 Å². The molecule has 0 saturated heterocycles. The van der Waals surface area contributed by atoms with E-state index in [4.69, 9.17) is 11.6 Å². The number of nitro benzene ring substituents is 1. The third-order valence-corrected chi connectivity index (χ3v) is 2.39. The van der Waals surface area contributed by atoms with Gasteiger partial charge in [0.25, 0.3) is 5.69 Å². The van der Waals surface area contributed by atoms with Crippen molar-refractivity contribution in [1.82, 2.24) is 0 Å². The first kappa shape index (κ1) is 12.1. The zero-order valence-corrected chi connectivity index (χ0v) is 9.54. The van der Waals surface area contributed by atoms with Gasteiger partial charge in [0.15, 0.2) is 0 Å². The standard InChI is InChI=1S/C10H10ClNO2S/c11-9-5-3-6-10(12(13)14)8(9)4-1-2-7-15/h1,3-6,15H,2,7H2. The number of benzene rings is 1. The van der Waals surface area contributed by atoms with Gasteiger partial charge in [-0.3, -0.25) is 10.1 Å². The predicted octanol–water partition coefficient (Wildman–Crippen LogP) is 3.58. The quantitative estimate of drug-likeness (QED) is 0.499. The number of rotatable bonds is 4.